The Morgan fingerprint density at radius 3 is 1.54 bits per heavy atom. The van der Waals surface area contributed by atoms with Crippen molar-refractivity contribution in [2.45, 2.75) is 138 Å². The number of ether oxygens (including phenoxy) is 9. The number of aliphatic hydroxyl groups is 11. The van der Waals surface area contributed by atoms with Gasteiger partial charge < -0.3 is 98.8 Å². The molecular weight excluding hydrogens is 957 g/mol. The molecule has 3 heterocycles. The van der Waals surface area contributed by atoms with Crippen LogP contribution in [0.3, 0.4) is 0 Å². The van der Waals surface area contributed by atoms with Gasteiger partial charge in [0.25, 0.3) is 0 Å². The molecule has 0 amide bonds. The molecule has 3 fully saturated rings. The van der Waals surface area contributed by atoms with Crippen LogP contribution in [0.1, 0.15) is 43.4 Å². The molecule has 0 unspecified atom stereocenters. The van der Waals surface area contributed by atoms with Gasteiger partial charge in [-0.15, -0.1) is 0 Å². The molecule has 23 nitrogen and oxygen atoms in total. The maximum absolute atomic E-state index is 14.5. The summed E-state index contributed by atoms with van der Waals surface area (Å²) in [5.74, 6) is -3.36. The Kier molecular flexibility index (Phi) is 20.0. The number of carbonyl (C=O) groups excluding carboxylic acids is 3. The van der Waals surface area contributed by atoms with E-state index >= 15 is 0 Å². The van der Waals surface area contributed by atoms with Crippen LogP contribution in [0.25, 0.3) is 6.08 Å². The Balaban J connectivity index is 1.20. The third kappa shape index (κ3) is 14.1. The molecule has 11 N–H and O–H groups in total. The molecule has 23 heteroatoms. The lowest BCUT2D eigenvalue weighted by Crippen LogP contribution is -2.63. The van der Waals surface area contributed by atoms with Crippen LogP contribution in [0.4, 0.5) is 0 Å². The van der Waals surface area contributed by atoms with E-state index in [1.807, 2.05) is 0 Å². The number of esters is 3. The minimum atomic E-state index is -2.34. The van der Waals surface area contributed by atoms with Gasteiger partial charge in [-0.1, -0.05) is 68.4 Å². The third-order valence-electron chi connectivity index (χ3n) is 12.0. The van der Waals surface area contributed by atoms with Crippen LogP contribution in [-0.2, 0) is 60.8 Å². The van der Waals surface area contributed by atoms with E-state index in [9.17, 15) is 70.6 Å². The number of hydrogen-bond donors (Lipinski definition) is 11. The first-order chi connectivity index (χ1) is 34.4. The summed E-state index contributed by atoms with van der Waals surface area (Å²) >= 11 is 0. The molecule has 0 aliphatic carbocycles. The van der Waals surface area contributed by atoms with Crippen molar-refractivity contribution < 1.29 is 113 Å². The van der Waals surface area contributed by atoms with Crippen LogP contribution >= 0.6 is 0 Å². The van der Waals surface area contributed by atoms with Crippen molar-refractivity contribution in [1.29, 1.82) is 0 Å². The summed E-state index contributed by atoms with van der Waals surface area (Å²) in [6.45, 7) is 0.363. The quantitative estimate of drug-likeness (QED) is 0.0315. The summed E-state index contributed by atoms with van der Waals surface area (Å²) in [6.07, 6.45) is -23.0. The van der Waals surface area contributed by atoms with Gasteiger partial charge in [0.1, 0.15) is 91.9 Å². The zero-order valence-electron chi connectivity index (χ0n) is 39.2. The second-order valence-corrected chi connectivity index (χ2v) is 17.9. The van der Waals surface area contributed by atoms with E-state index < -0.39 is 154 Å². The van der Waals surface area contributed by atoms with Gasteiger partial charge in [0.2, 0.25) is 12.6 Å². The number of rotatable bonds is 21. The van der Waals surface area contributed by atoms with Crippen LogP contribution in [0, 0.1) is 5.92 Å². The standard InChI is InChI=1S/C49H62O23/c1-25(2)18-49(48(63)65-24-28-10-15-30(16-11-28)67-46-42(61)40(59)37(56)32(21-51)69-46,72-47-43(62)44(38(57)33(22-52)70-47)71-34(53)17-12-26-6-4-3-5-7-26)19-35(54)64-23-27-8-13-29(14-9-27)66-45-41(60)39(58)36(55)31(20-50)68-45/h3-17,25,31-33,36-47,50-52,55-62H,18-24H2,1-2H3/b17-12+/t31-,32+,33+,36-,37+,38+,39+,40-,41-,42+,43+,44-,45-,46+,47-,49+/m0/s1. The minimum absolute atomic E-state index is 0.112. The van der Waals surface area contributed by atoms with Crippen LogP contribution in [0.2, 0.25) is 0 Å². The van der Waals surface area contributed by atoms with Crippen molar-refractivity contribution in [2.75, 3.05) is 19.8 Å². The molecule has 0 spiro atoms. The first kappa shape index (κ1) is 56.1. The molecule has 396 valence electrons. The van der Waals surface area contributed by atoms with E-state index in [1.165, 1.54) is 54.6 Å². The second kappa shape index (κ2) is 25.7. The smallest absolute Gasteiger partial charge is 0.339 e. The molecule has 0 aromatic heterocycles. The Morgan fingerprint density at radius 1 is 0.583 bits per heavy atom. The topological polar surface area (TPSA) is 357 Å². The maximum atomic E-state index is 14.5. The largest absolute Gasteiger partial charge is 0.462 e. The molecule has 16 atom stereocenters. The predicted molar refractivity (Wildman–Crippen MR) is 242 cm³/mol. The van der Waals surface area contributed by atoms with Crippen molar-refractivity contribution in [2.24, 2.45) is 5.92 Å². The number of aliphatic hydroxyl groups excluding tert-OH is 11. The summed E-state index contributed by atoms with van der Waals surface area (Å²) < 4.78 is 50.9. The van der Waals surface area contributed by atoms with Gasteiger partial charge in [-0.3, -0.25) is 4.79 Å². The summed E-state index contributed by atoms with van der Waals surface area (Å²) in [5, 5.41) is 113. The van der Waals surface area contributed by atoms with Crippen LogP contribution < -0.4 is 9.47 Å². The summed E-state index contributed by atoms with van der Waals surface area (Å²) in [4.78, 5) is 41.4. The molecule has 6 rings (SSSR count). The third-order valence-corrected chi connectivity index (χ3v) is 12.0. The van der Waals surface area contributed by atoms with Gasteiger partial charge >= 0.3 is 17.9 Å². The van der Waals surface area contributed by atoms with E-state index in [1.54, 1.807) is 44.2 Å². The van der Waals surface area contributed by atoms with E-state index in [0.29, 0.717) is 16.7 Å². The first-order valence-electron chi connectivity index (χ1n) is 23.1. The zero-order chi connectivity index (χ0) is 52.3. The molecule has 3 aliphatic heterocycles. The first-order valence-corrected chi connectivity index (χ1v) is 23.1. The van der Waals surface area contributed by atoms with Crippen molar-refractivity contribution in [1.82, 2.24) is 0 Å². The normalized spacial score (nSPS) is 31.6. The second-order valence-electron chi connectivity index (χ2n) is 17.9. The minimum Gasteiger partial charge on any atom is -0.462 e. The molecule has 3 saturated heterocycles. The monoisotopic (exact) mass is 1020 g/mol. The Bertz CT molecular complexity index is 2210. The van der Waals surface area contributed by atoms with Gasteiger partial charge in [0.05, 0.1) is 26.2 Å². The van der Waals surface area contributed by atoms with Gasteiger partial charge in [0, 0.05) is 6.08 Å². The van der Waals surface area contributed by atoms with E-state index in [4.69, 9.17) is 42.6 Å². The Hall–Kier alpha value is -5.19. The molecule has 0 saturated carbocycles. The average Bonchev–Trinajstić information content (AvgIpc) is 3.37. The number of carbonyl (C=O) groups is 3. The average molecular weight is 1020 g/mol. The fourth-order valence-electron chi connectivity index (χ4n) is 8.09. The van der Waals surface area contributed by atoms with Crippen molar-refractivity contribution in [3.8, 4) is 11.5 Å². The summed E-state index contributed by atoms with van der Waals surface area (Å²) in [5.41, 5.74) is -0.942. The fraction of sp³-hybridized carbons (Fsp3) is 0.531. The van der Waals surface area contributed by atoms with Crippen molar-refractivity contribution in [3.63, 3.8) is 0 Å². The molecular formula is C49H62O23. The van der Waals surface area contributed by atoms with E-state index in [2.05, 4.69) is 0 Å². The van der Waals surface area contributed by atoms with Crippen molar-refractivity contribution >= 4 is 24.0 Å². The highest BCUT2D eigenvalue weighted by Crippen LogP contribution is 2.35. The van der Waals surface area contributed by atoms with Gasteiger partial charge in [-0.25, -0.2) is 9.59 Å². The number of benzene rings is 3. The lowest BCUT2D eigenvalue weighted by atomic mass is 9.88. The molecule has 3 aromatic carbocycles. The lowest BCUT2D eigenvalue weighted by Gasteiger charge is -2.44. The van der Waals surface area contributed by atoms with Crippen LogP contribution in [-0.4, -0.2) is 192 Å². The van der Waals surface area contributed by atoms with Gasteiger partial charge in [-0.05, 0) is 59.4 Å². The predicted octanol–water partition coefficient (Wildman–Crippen LogP) is -1.91. The van der Waals surface area contributed by atoms with E-state index in [-0.39, 0.29) is 24.5 Å². The maximum Gasteiger partial charge on any atom is 0.339 e. The van der Waals surface area contributed by atoms with Crippen LogP contribution in [0.5, 0.6) is 11.5 Å². The Labute approximate surface area is 412 Å². The molecule has 0 radical (unpaired) electrons. The summed E-state index contributed by atoms with van der Waals surface area (Å²) in [6, 6.07) is 20.3. The van der Waals surface area contributed by atoms with Crippen LogP contribution in [0.15, 0.2) is 84.9 Å². The highest BCUT2D eigenvalue weighted by Gasteiger charge is 2.54. The fourth-order valence-corrected chi connectivity index (χ4v) is 8.09. The highest BCUT2D eigenvalue weighted by atomic mass is 16.7. The van der Waals surface area contributed by atoms with Gasteiger partial charge in [-0.2, -0.15) is 0 Å². The zero-order valence-corrected chi connectivity index (χ0v) is 39.2. The number of hydrogen-bond acceptors (Lipinski definition) is 23. The molecule has 72 heavy (non-hydrogen) atoms. The molecule has 3 aromatic rings. The Morgan fingerprint density at radius 2 is 1.06 bits per heavy atom. The lowest BCUT2D eigenvalue weighted by molar-refractivity contribution is -0.327. The summed E-state index contributed by atoms with van der Waals surface area (Å²) in [7, 11) is 0. The van der Waals surface area contributed by atoms with E-state index in [0.717, 1.165) is 6.08 Å². The molecule has 3 aliphatic rings. The van der Waals surface area contributed by atoms with Crippen molar-refractivity contribution in [3.05, 3.63) is 102 Å². The highest BCUT2D eigenvalue weighted by molar-refractivity contribution is 5.87. The van der Waals surface area contributed by atoms with Gasteiger partial charge in [0.15, 0.2) is 18.0 Å². The molecule has 0 bridgehead atoms. The SMILES string of the molecule is CC(C)C[C@](CC(=O)OCc1ccc(O[C@H]2O[C@@H](CO)[C@H](O)[C@@H](O)[C@@H]2O)cc1)(O[C@@H]1O[C@H](CO)[C@@H](O)[C@H](OC(=O)/C=C/c2ccccc2)[C@H]1O)C(=O)OCc1ccc(O[C@@H]2O[C@H](CO)[C@@H](O)[C@H](O)[C@H]2O)cc1.